The van der Waals surface area contributed by atoms with E-state index in [1.807, 2.05) is 12.1 Å². The number of hydrogen-bond donors (Lipinski definition) is 0. The number of sulfone groups is 1. The summed E-state index contributed by atoms with van der Waals surface area (Å²) < 4.78 is 34.9. The second kappa shape index (κ2) is 9.51. The number of benzene rings is 1. The molecule has 1 aliphatic heterocycles. The predicted molar refractivity (Wildman–Crippen MR) is 126 cm³/mol. The van der Waals surface area contributed by atoms with Crippen molar-refractivity contribution in [3.05, 3.63) is 48.4 Å². The van der Waals surface area contributed by atoms with Crippen LogP contribution in [0.1, 0.15) is 45.4 Å². The first-order valence-electron chi connectivity index (χ1n) is 11.2. The molecule has 4 rings (SSSR count). The summed E-state index contributed by atoms with van der Waals surface area (Å²) in [6.45, 7) is 7.92. The normalized spacial score (nSPS) is 16.2. The summed E-state index contributed by atoms with van der Waals surface area (Å²) in [6.07, 6.45) is 4.95. The molecule has 0 unspecified atom stereocenters. The lowest BCUT2D eigenvalue weighted by atomic mass is 9.92. The summed E-state index contributed by atoms with van der Waals surface area (Å²) in [5, 5.41) is 4.06. The van der Waals surface area contributed by atoms with Crippen LogP contribution in [0.2, 0.25) is 0 Å². The molecule has 1 atom stereocenters. The van der Waals surface area contributed by atoms with Crippen LogP contribution in [-0.4, -0.2) is 49.0 Å². The molecule has 0 aliphatic carbocycles. The number of piperidine rings is 1. The van der Waals surface area contributed by atoms with Crippen LogP contribution in [0.3, 0.4) is 0 Å². The highest BCUT2D eigenvalue weighted by Gasteiger charge is 2.28. The highest BCUT2D eigenvalue weighted by atomic mass is 32.2. The lowest BCUT2D eigenvalue weighted by molar-refractivity contribution is 0.131. The van der Waals surface area contributed by atoms with E-state index in [1.165, 1.54) is 6.26 Å². The van der Waals surface area contributed by atoms with Gasteiger partial charge in [0, 0.05) is 30.8 Å². The van der Waals surface area contributed by atoms with Crippen molar-refractivity contribution in [3.63, 3.8) is 0 Å². The average molecular weight is 471 g/mol. The van der Waals surface area contributed by atoms with E-state index in [2.05, 4.69) is 40.8 Å². The Balaban J connectivity index is 1.32. The molecule has 33 heavy (non-hydrogen) atoms. The van der Waals surface area contributed by atoms with Crippen LogP contribution >= 0.6 is 0 Å². The summed E-state index contributed by atoms with van der Waals surface area (Å²) in [5.74, 6) is 2.14. The number of anilines is 1. The van der Waals surface area contributed by atoms with E-state index in [4.69, 9.17) is 9.26 Å². The molecule has 1 saturated heterocycles. The van der Waals surface area contributed by atoms with Crippen molar-refractivity contribution in [3.8, 4) is 17.0 Å². The maximum absolute atomic E-state index is 11.6. The van der Waals surface area contributed by atoms with Gasteiger partial charge in [0.2, 0.25) is 0 Å². The Morgan fingerprint density at radius 3 is 2.30 bits per heavy atom. The molecule has 3 aromatic rings. The van der Waals surface area contributed by atoms with Gasteiger partial charge in [-0.3, -0.25) is 4.98 Å². The number of pyridine rings is 1. The van der Waals surface area contributed by atoms with Gasteiger partial charge in [0.1, 0.15) is 5.75 Å². The second-order valence-electron chi connectivity index (χ2n) is 8.91. The number of hydrogen-bond acceptors (Lipinski definition) is 8. The van der Waals surface area contributed by atoms with Gasteiger partial charge in [-0.1, -0.05) is 31.1 Å². The van der Waals surface area contributed by atoms with Gasteiger partial charge < -0.3 is 14.2 Å². The number of rotatable bonds is 7. The van der Waals surface area contributed by atoms with Crippen LogP contribution < -0.4 is 9.64 Å². The van der Waals surface area contributed by atoms with Crippen molar-refractivity contribution < 1.29 is 17.7 Å². The van der Waals surface area contributed by atoms with E-state index in [9.17, 15) is 8.42 Å². The minimum absolute atomic E-state index is 0.0581. The van der Waals surface area contributed by atoms with Crippen LogP contribution in [-0.2, 0) is 9.84 Å². The fourth-order valence-corrected chi connectivity index (χ4v) is 4.58. The third-order valence-electron chi connectivity index (χ3n) is 6.06. The molecule has 0 amide bonds. The lowest BCUT2D eigenvalue weighted by Crippen LogP contribution is -2.38. The molecule has 3 heterocycles. The van der Waals surface area contributed by atoms with Crippen molar-refractivity contribution in [2.45, 2.75) is 50.5 Å². The van der Waals surface area contributed by atoms with E-state index in [0.717, 1.165) is 48.8 Å². The average Bonchev–Trinajstić information content (AvgIpc) is 3.30. The van der Waals surface area contributed by atoms with Crippen LogP contribution in [0.15, 0.2) is 52.0 Å². The Bertz CT molecular complexity index is 1170. The zero-order valence-corrected chi connectivity index (χ0v) is 20.2. The summed E-state index contributed by atoms with van der Waals surface area (Å²) in [6, 6.07) is 11.1. The molecule has 0 spiro atoms. The van der Waals surface area contributed by atoms with E-state index in [-0.39, 0.29) is 12.0 Å². The van der Waals surface area contributed by atoms with E-state index in [1.54, 1.807) is 30.5 Å². The van der Waals surface area contributed by atoms with Crippen LogP contribution in [0.4, 0.5) is 6.01 Å². The first-order chi connectivity index (χ1) is 15.7. The van der Waals surface area contributed by atoms with E-state index >= 15 is 0 Å². The summed E-state index contributed by atoms with van der Waals surface area (Å²) in [7, 11) is -3.21. The van der Waals surface area contributed by atoms with Crippen LogP contribution in [0.25, 0.3) is 11.3 Å². The monoisotopic (exact) mass is 470 g/mol. The quantitative estimate of drug-likeness (QED) is 0.503. The van der Waals surface area contributed by atoms with Gasteiger partial charge in [0.15, 0.2) is 15.7 Å². The molecule has 0 saturated carbocycles. The Labute approximate surface area is 194 Å². The smallest absolute Gasteiger partial charge is 0.324 e. The Hall–Kier alpha value is -2.94. The van der Waals surface area contributed by atoms with E-state index < -0.39 is 9.84 Å². The Morgan fingerprint density at radius 2 is 1.76 bits per heavy atom. The lowest BCUT2D eigenvalue weighted by Gasteiger charge is -2.33. The maximum atomic E-state index is 11.6. The Kier molecular flexibility index (Phi) is 6.69. The van der Waals surface area contributed by atoms with Gasteiger partial charge >= 0.3 is 6.01 Å². The molecule has 1 fully saturated rings. The standard InChI is InChI=1S/C24H30N4O4S/c1-16(2)23-26-24(32-27-23)28-13-11-18(12-14-28)17(3)31-20-7-10-22(25-15-20)19-5-8-21(9-6-19)33(4,29)30/h5-10,15-18H,11-14H2,1-4H3/t17-/m1/s1. The first-order valence-corrected chi connectivity index (χ1v) is 13.1. The molecule has 1 aromatic carbocycles. The number of ether oxygens (including phenoxy) is 1. The van der Waals surface area contributed by atoms with Crippen LogP contribution in [0.5, 0.6) is 5.75 Å². The molecule has 1 aliphatic rings. The molecule has 176 valence electrons. The zero-order valence-electron chi connectivity index (χ0n) is 19.4. The molecule has 0 radical (unpaired) electrons. The topological polar surface area (TPSA) is 98.4 Å². The first kappa shape index (κ1) is 23.2. The van der Waals surface area contributed by atoms with Gasteiger partial charge in [0.25, 0.3) is 0 Å². The summed E-state index contributed by atoms with van der Waals surface area (Å²) >= 11 is 0. The van der Waals surface area contributed by atoms with Gasteiger partial charge in [-0.25, -0.2) is 8.42 Å². The van der Waals surface area contributed by atoms with Crippen molar-refractivity contribution in [2.75, 3.05) is 24.2 Å². The number of aromatic nitrogens is 3. The Morgan fingerprint density at radius 1 is 1.06 bits per heavy atom. The predicted octanol–water partition coefficient (Wildman–Crippen LogP) is 4.34. The molecule has 2 aromatic heterocycles. The van der Waals surface area contributed by atoms with Crippen LogP contribution in [0, 0.1) is 5.92 Å². The minimum Gasteiger partial charge on any atom is -0.489 e. The third-order valence-corrected chi connectivity index (χ3v) is 7.19. The molecule has 0 N–H and O–H groups in total. The molecule has 9 heteroatoms. The van der Waals surface area contributed by atoms with Crippen molar-refractivity contribution >= 4 is 15.9 Å². The van der Waals surface area contributed by atoms with Gasteiger partial charge in [-0.2, -0.15) is 4.98 Å². The third kappa shape index (κ3) is 5.52. The second-order valence-corrected chi connectivity index (χ2v) is 10.9. The summed E-state index contributed by atoms with van der Waals surface area (Å²) in [4.78, 5) is 11.4. The highest BCUT2D eigenvalue weighted by molar-refractivity contribution is 7.90. The molecular weight excluding hydrogens is 440 g/mol. The maximum Gasteiger partial charge on any atom is 0.324 e. The molecule has 0 bridgehead atoms. The van der Waals surface area contributed by atoms with Crippen molar-refractivity contribution in [1.29, 1.82) is 0 Å². The highest BCUT2D eigenvalue weighted by Crippen LogP contribution is 2.28. The minimum atomic E-state index is -3.21. The SMILES string of the molecule is CC(C)c1noc(N2CCC([C@@H](C)Oc3ccc(-c4ccc(S(C)(=O)=O)cc4)nc3)CC2)n1. The molecular formula is C24H30N4O4S. The largest absolute Gasteiger partial charge is 0.489 e. The number of nitrogens with zero attached hydrogens (tertiary/aromatic N) is 4. The zero-order chi connectivity index (χ0) is 23.6. The van der Waals surface area contributed by atoms with Gasteiger partial charge in [-0.15, -0.1) is 0 Å². The summed E-state index contributed by atoms with van der Waals surface area (Å²) in [5.41, 5.74) is 1.62. The molecule has 8 nitrogen and oxygen atoms in total. The fraction of sp³-hybridized carbons (Fsp3) is 0.458. The van der Waals surface area contributed by atoms with Crippen molar-refractivity contribution in [1.82, 2.24) is 15.1 Å². The fourth-order valence-electron chi connectivity index (χ4n) is 3.95. The van der Waals surface area contributed by atoms with Crippen molar-refractivity contribution in [2.24, 2.45) is 5.92 Å². The van der Waals surface area contributed by atoms with Gasteiger partial charge in [-0.05, 0) is 49.9 Å². The van der Waals surface area contributed by atoms with Gasteiger partial charge in [0.05, 0.1) is 22.9 Å². The van der Waals surface area contributed by atoms with E-state index in [0.29, 0.717) is 16.8 Å².